The van der Waals surface area contributed by atoms with Crippen molar-refractivity contribution < 1.29 is 19.4 Å². The lowest BCUT2D eigenvalue weighted by Gasteiger charge is -2.27. The molecule has 2 N–H and O–H groups in total. The molecule has 0 radical (unpaired) electrons. The lowest BCUT2D eigenvalue weighted by atomic mass is 9.78. The van der Waals surface area contributed by atoms with Crippen molar-refractivity contribution in [2.75, 3.05) is 13.2 Å². The summed E-state index contributed by atoms with van der Waals surface area (Å²) in [5.41, 5.74) is 0. The van der Waals surface area contributed by atoms with E-state index in [1.165, 1.54) is 0 Å². The summed E-state index contributed by atoms with van der Waals surface area (Å²) in [6.07, 6.45) is 5.04. The lowest BCUT2D eigenvalue weighted by molar-refractivity contribution is -0.149. The van der Waals surface area contributed by atoms with Crippen LogP contribution in [0.5, 0.6) is 0 Å². The molecule has 106 valence electrons. The number of amides is 1. The third kappa shape index (κ3) is 2.36. The molecule has 1 amide bonds. The third-order valence-corrected chi connectivity index (χ3v) is 5.03. The number of carboxylic acid groups (broad SMARTS) is 1. The average molecular weight is 267 g/mol. The Balaban J connectivity index is 1.60. The molecule has 2 saturated carbocycles. The SMILES string of the molecule is O=C(NC[C@@H]1CCCO1)[C@@H]1[C@@H]2CC[C@@H](C2)[C@@H]1C(=O)O. The maximum Gasteiger partial charge on any atom is 0.307 e. The van der Waals surface area contributed by atoms with Crippen molar-refractivity contribution in [1.29, 1.82) is 0 Å². The molecule has 3 aliphatic rings. The number of fused-ring (bicyclic) bond motifs is 2. The van der Waals surface area contributed by atoms with E-state index in [-0.39, 0.29) is 29.8 Å². The summed E-state index contributed by atoms with van der Waals surface area (Å²) in [5, 5.41) is 12.2. The van der Waals surface area contributed by atoms with Crippen LogP contribution in [-0.4, -0.2) is 36.2 Å². The van der Waals surface area contributed by atoms with Gasteiger partial charge >= 0.3 is 5.97 Å². The van der Waals surface area contributed by atoms with Gasteiger partial charge < -0.3 is 15.2 Å². The number of hydrogen-bond acceptors (Lipinski definition) is 3. The van der Waals surface area contributed by atoms with Gasteiger partial charge in [0.05, 0.1) is 17.9 Å². The van der Waals surface area contributed by atoms with E-state index in [1.807, 2.05) is 0 Å². The van der Waals surface area contributed by atoms with E-state index in [0.29, 0.717) is 6.54 Å². The number of hydrogen-bond donors (Lipinski definition) is 2. The van der Waals surface area contributed by atoms with Gasteiger partial charge in [0.2, 0.25) is 5.91 Å². The van der Waals surface area contributed by atoms with Crippen LogP contribution in [0.15, 0.2) is 0 Å². The van der Waals surface area contributed by atoms with Gasteiger partial charge in [-0.15, -0.1) is 0 Å². The summed E-state index contributed by atoms with van der Waals surface area (Å²) in [6, 6.07) is 0. The fourth-order valence-electron chi connectivity index (χ4n) is 4.16. The minimum absolute atomic E-state index is 0.0740. The molecule has 5 atom stereocenters. The first-order valence-corrected chi connectivity index (χ1v) is 7.29. The molecule has 0 aromatic rings. The highest BCUT2D eigenvalue weighted by Gasteiger charge is 2.53. The number of ether oxygens (including phenoxy) is 1. The third-order valence-electron chi connectivity index (χ3n) is 5.03. The normalized spacial score (nSPS) is 40.5. The number of carbonyl (C=O) groups is 2. The zero-order valence-corrected chi connectivity index (χ0v) is 11.0. The number of aliphatic carboxylic acids is 1. The minimum Gasteiger partial charge on any atom is -0.481 e. The summed E-state index contributed by atoms with van der Waals surface area (Å²) >= 11 is 0. The second kappa shape index (κ2) is 5.12. The molecule has 2 aliphatic carbocycles. The van der Waals surface area contributed by atoms with Crippen LogP contribution in [0.2, 0.25) is 0 Å². The Bertz CT molecular complexity index is 378. The van der Waals surface area contributed by atoms with Gasteiger partial charge in [-0.3, -0.25) is 9.59 Å². The quantitative estimate of drug-likeness (QED) is 0.797. The summed E-state index contributed by atoms with van der Waals surface area (Å²) in [5.74, 6) is -1.18. The zero-order chi connectivity index (χ0) is 13.4. The van der Waals surface area contributed by atoms with Gasteiger partial charge in [-0.05, 0) is 43.9 Å². The van der Waals surface area contributed by atoms with Crippen molar-refractivity contribution in [2.24, 2.45) is 23.7 Å². The molecular weight excluding hydrogens is 246 g/mol. The monoisotopic (exact) mass is 267 g/mol. The van der Waals surface area contributed by atoms with Crippen LogP contribution in [-0.2, 0) is 14.3 Å². The molecule has 0 unspecified atom stereocenters. The Hall–Kier alpha value is -1.10. The van der Waals surface area contributed by atoms with Crippen LogP contribution >= 0.6 is 0 Å². The largest absolute Gasteiger partial charge is 0.481 e. The van der Waals surface area contributed by atoms with Crippen molar-refractivity contribution in [3.8, 4) is 0 Å². The molecule has 1 aliphatic heterocycles. The molecular formula is C14H21NO4. The van der Waals surface area contributed by atoms with Crippen molar-refractivity contribution in [1.82, 2.24) is 5.32 Å². The Labute approximate surface area is 112 Å². The van der Waals surface area contributed by atoms with E-state index < -0.39 is 11.9 Å². The molecule has 0 aromatic heterocycles. The Morgan fingerprint density at radius 1 is 1.16 bits per heavy atom. The molecule has 1 heterocycles. The van der Waals surface area contributed by atoms with Gasteiger partial charge in [-0.1, -0.05) is 0 Å². The van der Waals surface area contributed by atoms with Crippen LogP contribution in [0.3, 0.4) is 0 Å². The molecule has 19 heavy (non-hydrogen) atoms. The Kier molecular flexibility index (Phi) is 3.48. The highest BCUT2D eigenvalue weighted by atomic mass is 16.5. The highest BCUT2D eigenvalue weighted by Crippen LogP contribution is 2.52. The van der Waals surface area contributed by atoms with Crippen molar-refractivity contribution in [2.45, 2.75) is 38.2 Å². The standard InChI is InChI=1S/C14H21NO4/c16-13(15-7-10-2-1-5-19-10)11-8-3-4-9(6-8)12(11)14(17)18/h8-12H,1-7H2,(H,15,16)(H,17,18)/t8-,9+,10+,11-,12+/m1/s1. The molecule has 0 aromatic carbocycles. The van der Waals surface area contributed by atoms with Crippen LogP contribution < -0.4 is 5.32 Å². The van der Waals surface area contributed by atoms with Gasteiger partial charge in [0.1, 0.15) is 0 Å². The minimum atomic E-state index is -0.801. The average Bonchev–Trinajstić information content (AvgIpc) is 3.10. The van der Waals surface area contributed by atoms with Gasteiger partial charge in [0.25, 0.3) is 0 Å². The van der Waals surface area contributed by atoms with E-state index in [9.17, 15) is 14.7 Å². The van der Waals surface area contributed by atoms with E-state index in [0.717, 1.165) is 38.7 Å². The van der Waals surface area contributed by atoms with Crippen molar-refractivity contribution in [3.05, 3.63) is 0 Å². The molecule has 0 spiro atoms. The maximum absolute atomic E-state index is 12.3. The van der Waals surface area contributed by atoms with Gasteiger partial charge in [-0.25, -0.2) is 0 Å². The van der Waals surface area contributed by atoms with E-state index in [2.05, 4.69) is 5.32 Å². The number of carboxylic acids is 1. The Morgan fingerprint density at radius 2 is 1.89 bits per heavy atom. The van der Waals surface area contributed by atoms with Crippen LogP contribution in [0.1, 0.15) is 32.1 Å². The Morgan fingerprint density at radius 3 is 2.53 bits per heavy atom. The first-order valence-electron chi connectivity index (χ1n) is 7.29. The summed E-state index contributed by atoms with van der Waals surface area (Å²) < 4.78 is 5.47. The summed E-state index contributed by atoms with van der Waals surface area (Å²) in [4.78, 5) is 23.6. The number of nitrogens with one attached hydrogen (secondary N) is 1. The number of rotatable bonds is 4. The van der Waals surface area contributed by atoms with Gasteiger partial charge in [0.15, 0.2) is 0 Å². The van der Waals surface area contributed by atoms with Crippen LogP contribution in [0, 0.1) is 23.7 Å². The molecule has 3 rings (SSSR count). The molecule has 5 heteroatoms. The summed E-state index contributed by atoms with van der Waals surface area (Å²) in [6.45, 7) is 1.30. The van der Waals surface area contributed by atoms with E-state index in [4.69, 9.17) is 4.74 Å². The van der Waals surface area contributed by atoms with Gasteiger partial charge in [0, 0.05) is 13.2 Å². The first kappa shape index (κ1) is 12.9. The second-order valence-corrected chi connectivity index (χ2v) is 6.10. The van der Waals surface area contributed by atoms with Gasteiger partial charge in [-0.2, -0.15) is 0 Å². The topological polar surface area (TPSA) is 75.6 Å². The molecule has 1 saturated heterocycles. The second-order valence-electron chi connectivity index (χ2n) is 6.10. The molecule has 2 bridgehead atoms. The fourth-order valence-corrected chi connectivity index (χ4v) is 4.16. The summed E-state index contributed by atoms with van der Waals surface area (Å²) in [7, 11) is 0. The predicted octanol–water partition coefficient (Wildman–Crippen LogP) is 1.03. The predicted molar refractivity (Wildman–Crippen MR) is 67.4 cm³/mol. The zero-order valence-electron chi connectivity index (χ0n) is 11.0. The number of carbonyl (C=O) groups excluding carboxylic acids is 1. The van der Waals surface area contributed by atoms with Crippen LogP contribution in [0.4, 0.5) is 0 Å². The van der Waals surface area contributed by atoms with Crippen LogP contribution in [0.25, 0.3) is 0 Å². The lowest BCUT2D eigenvalue weighted by Crippen LogP contribution is -2.43. The molecule has 3 fully saturated rings. The van der Waals surface area contributed by atoms with Crippen molar-refractivity contribution in [3.63, 3.8) is 0 Å². The highest BCUT2D eigenvalue weighted by molar-refractivity contribution is 5.86. The molecule has 5 nitrogen and oxygen atoms in total. The maximum atomic E-state index is 12.3. The first-order chi connectivity index (χ1) is 9.16. The van der Waals surface area contributed by atoms with E-state index in [1.54, 1.807) is 0 Å². The van der Waals surface area contributed by atoms with Crippen molar-refractivity contribution >= 4 is 11.9 Å². The fraction of sp³-hybridized carbons (Fsp3) is 0.857. The smallest absolute Gasteiger partial charge is 0.307 e. The van der Waals surface area contributed by atoms with E-state index >= 15 is 0 Å².